The van der Waals surface area contributed by atoms with Crippen LogP contribution in [0.2, 0.25) is 0 Å². The van der Waals surface area contributed by atoms with Gasteiger partial charge in [0, 0.05) is 23.3 Å². The van der Waals surface area contributed by atoms with Crippen molar-refractivity contribution in [3.05, 3.63) is 65.4 Å². The van der Waals surface area contributed by atoms with Crippen LogP contribution in [-0.2, 0) is 13.0 Å². The number of nitrogens with one attached hydrogen (secondary N) is 1. The van der Waals surface area contributed by atoms with Gasteiger partial charge in [-0.3, -0.25) is 0 Å². The molecule has 0 aliphatic rings. The van der Waals surface area contributed by atoms with E-state index in [-0.39, 0.29) is 6.61 Å². The number of ether oxygens (including phenoxy) is 1. The van der Waals surface area contributed by atoms with Gasteiger partial charge in [-0.05, 0) is 36.6 Å². The van der Waals surface area contributed by atoms with Gasteiger partial charge >= 0.3 is 0 Å². The van der Waals surface area contributed by atoms with Gasteiger partial charge in [0.2, 0.25) is 0 Å². The Morgan fingerprint density at radius 3 is 2.54 bits per heavy atom. The normalized spacial score (nSPS) is 10.8. The number of methoxy groups -OCH3 is 1. The van der Waals surface area contributed by atoms with Crippen molar-refractivity contribution in [1.82, 2.24) is 4.98 Å². The Kier molecular flexibility index (Phi) is 4.96. The number of rotatable bonds is 6. The summed E-state index contributed by atoms with van der Waals surface area (Å²) in [6.45, 7) is 2.90. The fourth-order valence-electron chi connectivity index (χ4n) is 2.81. The first-order valence-electron chi connectivity index (χ1n) is 8.08. The molecule has 0 unspecified atom stereocenters. The zero-order valence-corrected chi connectivity index (χ0v) is 14.0. The molecule has 1 heterocycles. The van der Waals surface area contributed by atoms with E-state index in [9.17, 15) is 0 Å². The fourth-order valence-corrected chi connectivity index (χ4v) is 2.81. The van der Waals surface area contributed by atoms with Gasteiger partial charge in [0.25, 0.3) is 0 Å². The first-order valence-corrected chi connectivity index (χ1v) is 8.08. The molecule has 124 valence electrons. The maximum absolute atomic E-state index is 9.09. The number of benzene rings is 2. The van der Waals surface area contributed by atoms with Gasteiger partial charge < -0.3 is 15.2 Å². The van der Waals surface area contributed by atoms with Gasteiger partial charge in [-0.2, -0.15) is 0 Å². The minimum absolute atomic E-state index is 0.0860. The summed E-state index contributed by atoms with van der Waals surface area (Å²) in [4.78, 5) is 4.60. The van der Waals surface area contributed by atoms with Crippen molar-refractivity contribution in [3.8, 4) is 5.75 Å². The number of hydrogen-bond acceptors (Lipinski definition) is 4. The van der Waals surface area contributed by atoms with E-state index in [2.05, 4.69) is 34.6 Å². The lowest BCUT2D eigenvalue weighted by Gasteiger charge is -2.13. The van der Waals surface area contributed by atoms with E-state index >= 15 is 0 Å². The molecule has 0 fully saturated rings. The van der Waals surface area contributed by atoms with Gasteiger partial charge in [-0.15, -0.1) is 0 Å². The standard InChI is InChI=1S/C20H22N2O2/c1-14-12-18(17-4-3-5-19(24-2)20(17)22-14)21-11-10-15-6-8-16(13-23)9-7-15/h3-9,12,23H,10-11,13H2,1-2H3,(H,21,22). The van der Waals surface area contributed by atoms with E-state index in [1.165, 1.54) is 5.56 Å². The highest BCUT2D eigenvalue weighted by Crippen LogP contribution is 2.29. The molecule has 24 heavy (non-hydrogen) atoms. The summed E-state index contributed by atoms with van der Waals surface area (Å²) >= 11 is 0. The van der Waals surface area contributed by atoms with Crippen molar-refractivity contribution in [3.63, 3.8) is 0 Å². The number of nitrogens with zero attached hydrogens (tertiary/aromatic N) is 1. The minimum Gasteiger partial charge on any atom is -0.494 e. The molecule has 2 N–H and O–H groups in total. The molecular weight excluding hydrogens is 300 g/mol. The number of aliphatic hydroxyl groups excluding tert-OH is 1. The molecule has 0 amide bonds. The van der Waals surface area contributed by atoms with Gasteiger partial charge in [0.1, 0.15) is 11.3 Å². The Labute approximate surface area is 142 Å². The molecule has 1 aromatic heterocycles. The number of anilines is 1. The number of aryl methyl sites for hydroxylation is 1. The second-order valence-electron chi connectivity index (χ2n) is 5.82. The van der Waals surface area contributed by atoms with Crippen LogP contribution in [0.3, 0.4) is 0 Å². The summed E-state index contributed by atoms with van der Waals surface area (Å²) in [5, 5.41) is 13.7. The summed E-state index contributed by atoms with van der Waals surface area (Å²) in [5.41, 5.74) is 5.10. The number of aromatic nitrogens is 1. The lowest BCUT2D eigenvalue weighted by atomic mass is 10.1. The molecule has 0 saturated carbocycles. The van der Waals surface area contributed by atoms with Crippen LogP contribution in [0, 0.1) is 6.92 Å². The molecule has 3 aromatic rings. The highest BCUT2D eigenvalue weighted by atomic mass is 16.5. The first kappa shape index (κ1) is 16.3. The van der Waals surface area contributed by atoms with E-state index in [0.29, 0.717) is 0 Å². The maximum Gasteiger partial charge on any atom is 0.145 e. The summed E-state index contributed by atoms with van der Waals surface area (Å²) in [6.07, 6.45) is 0.915. The monoisotopic (exact) mass is 322 g/mol. The minimum atomic E-state index is 0.0860. The Morgan fingerprint density at radius 1 is 1.08 bits per heavy atom. The molecule has 4 nitrogen and oxygen atoms in total. The topological polar surface area (TPSA) is 54.4 Å². The third-order valence-electron chi connectivity index (χ3n) is 4.09. The van der Waals surface area contributed by atoms with Crippen molar-refractivity contribution in [2.75, 3.05) is 19.0 Å². The van der Waals surface area contributed by atoms with Gasteiger partial charge in [-0.25, -0.2) is 4.98 Å². The lowest BCUT2D eigenvalue weighted by Crippen LogP contribution is -2.06. The van der Waals surface area contributed by atoms with E-state index in [0.717, 1.165) is 46.6 Å². The Hall–Kier alpha value is -2.59. The van der Waals surface area contributed by atoms with Crippen LogP contribution in [0.15, 0.2) is 48.5 Å². The molecule has 0 spiro atoms. The molecule has 2 aromatic carbocycles. The van der Waals surface area contributed by atoms with Crippen molar-refractivity contribution in [1.29, 1.82) is 0 Å². The van der Waals surface area contributed by atoms with E-state index < -0.39 is 0 Å². The summed E-state index contributed by atoms with van der Waals surface area (Å²) in [6, 6.07) is 16.1. The van der Waals surface area contributed by atoms with Crippen LogP contribution in [0.5, 0.6) is 5.75 Å². The Bertz CT molecular complexity index is 829. The summed E-state index contributed by atoms with van der Waals surface area (Å²) in [5.74, 6) is 0.791. The van der Waals surface area contributed by atoms with Crippen molar-refractivity contribution in [2.24, 2.45) is 0 Å². The first-order chi connectivity index (χ1) is 11.7. The second kappa shape index (κ2) is 7.32. The van der Waals surface area contributed by atoms with Crippen LogP contribution >= 0.6 is 0 Å². The number of para-hydroxylation sites is 1. The zero-order valence-electron chi connectivity index (χ0n) is 14.0. The Morgan fingerprint density at radius 2 is 1.83 bits per heavy atom. The average molecular weight is 322 g/mol. The number of pyridine rings is 1. The van der Waals surface area contributed by atoms with Gasteiger partial charge in [-0.1, -0.05) is 36.4 Å². The molecule has 0 saturated heterocycles. The molecule has 3 rings (SSSR count). The van der Waals surface area contributed by atoms with Gasteiger partial charge in [0.05, 0.1) is 13.7 Å². The molecule has 0 bridgehead atoms. The Balaban J connectivity index is 1.77. The van der Waals surface area contributed by atoms with Crippen molar-refractivity contribution in [2.45, 2.75) is 20.0 Å². The summed E-state index contributed by atoms with van der Waals surface area (Å²) < 4.78 is 5.42. The molecule has 0 atom stereocenters. The number of aliphatic hydroxyl groups is 1. The van der Waals surface area contributed by atoms with E-state index in [1.54, 1.807) is 7.11 Å². The summed E-state index contributed by atoms with van der Waals surface area (Å²) in [7, 11) is 1.67. The molecule has 4 heteroatoms. The quantitative estimate of drug-likeness (QED) is 0.726. The van der Waals surface area contributed by atoms with Crippen LogP contribution < -0.4 is 10.1 Å². The van der Waals surface area contributed by atoms with Gasteiger partial charge in [0.15, 0.2) is 0 Å². The van der Waals surface area contributed by atoms with Crippen LogP contribution in [-0.4, -0.2) is 23.7 Å². The predicted octanol–water partition coefficient (Wildman–Crippen LogP) is 3.70. The van der Waals surface area contributed by atoms with Crippen LogP contribution in [0.25, 0.3) is 10.9 Å². The molecule has 0 aliphatic heterocycles. The van der Waals surface area contributed by atoms with Crippen LogP contribution in [0.4, 0.5) is 5.69 Å². The molecule has 0 radical (unpaired) electrons. The average Bonchev–Trinajstić information content (AvgIpc) is 2.61. The van der Waals surface area contributed by atoms with Crippen LogP contribution in [0.1, 0.15) is 16.8 Å². The van der Waals surface area contributed by atoms with E-state index in [1.807, 2.05) is 31.2 Å². The van der Waals surface area contributed by atoms with Crippen molar-refractivity contribution >= 4 is 16.6 Å². The maximum atomic E-state index is 9.09. The molecule has 0 aliphatic carbocycles. The predicted molar refractivity (Wildman–Crippen MR) is 97.6 cm³/mol. The SMILES string of the molecule is COc1cccc2c(NCCc3ccc(CO)cc3)cc(C)nc12. The third-order valence-corrected chi connectivity index (χ3v) is 4.09. The zero-order chi connectivity index (χ0) is 16.9. The fraction of sp³-hybridized carbons (Fsp3) is 0.250. The highest BCUT2D eigenvalue weighted by Gasteiger charge is 2.08. The highest BCUT2D eigenvalue weighted by molar-refractivity contribution is 5.95. The molecular formula is C20H22N2O2. The third kappa shape index (κ3) is 3.49. The number of hydrogen-bond donors (Lipinski definition) is 2. The smallest absolute Gasteiger partial charge is 0.145 e. The lowest BCUT2D eigenvalue weighted by molar-refractivity contribution is 0.282. The van der Waals surface area contributed by atoms with E-state index in [4.69, 9.17) is 9.84 Å². The van der Waals surface area contributed by atoms with Crippen molar-refractivity contribution < 1.29 is 9.84 Å². The number of fused-ring (bicyclic) bond motifs is 1. The second-order valence-corrected chi connectivity index (χ2v) is 5.82. The largest absolute Gasteiger partial charge is 0.494 e.